The number of aryl methyl sites for hydroxylation is 1. The topological polar surface area (TPSA) is 55.2 Å². The molecule has 2 aromatic rings. The van der Waals surface area contributed by atoms with Crippen molar-refractivity contribution >= 4 is 11.0 Å². The van der Waals surface area contributed by atoms with E-state index < -0.39 is 0 Å². The first-order chi connectivity index (χ1) is 9.28. The van der Waals surface area contributed by atoms with Crippen LogP contribution in [0, 0.1) is 0 Å². The lowest BCUT2D eigenvalue weighted by atomic mass is 10.2. The third-order valence-electron chi connectivity index (χ3n) is 3.57. The van der Waals surface area contributed by atoms with Crippen molar-refractivity contribution < 1.29 is 4.74 Å². The zero-order chi connectivity index (χ0) is 13.2. The maximum absolute atomic E-state index is 5.12. The van der Waals surface area contributed by atoms with Gasteiger partial charge in [0.25, 0.3) is 0 Å². The number of methoxy groups -OCH3 is 1. The number of hydrogen-bond donors (Lipinski definition) is 1. The highest BCUT2D eigenvalue weighted by Gasteiger charge is 2.15. The fourth-order valence-electron chi connectivity index (χ4n) is 2.54. The number of nitrogens with one attached hydrogen (secondary N) is 1. The van der Waals surface area contributed by atoms with Crippen molar-refractivity contribution in [2.24, 2.45) is 7.05 Å². The molecule has 1 aliphatic heterocycles. The second kappa shape index (κ2) is 5.14. The molecule has 1 aliphatic rings. The third-order valence-corrected chi connectivity index (χ3v) is 3.57. The molecule has 19 heavy (non-hydrogen) atoms. The summed E-state index contributed by atoms with van der Waals surface area (Å²) in [4.78, 5) is 11.1. The highest BCUT2D eigenvalue weighted by molar-refractivity contribution is 5.79. The molecule has 6 heteroatoms. The van der Waals surface area contributed by atoms with Crippen molar-refractivity contribution in [3.05, 3.63) is 18.0 Å². The van der Waals surface area contributed by atoms with Crippen LogP contribution in [-0.2, 0) is 13.6 Å². The molecule has 0 spiro atoms. The molecule has 0 aliphatic carbocycles. The summed E-state index contributed by atoms with van der Waals surface area (Å²) >= 11 is 0. The van der Waals surface area contributed by atoms with Crippen LogP contribution in [0.3, 0.4) is 0 Å². The summed E-state index contributed by atoms with van der Waals surface area (Å²) in [6, 6.07) is 0.431. The second-order valence-corrected chi connectivity index (χ2v) is 4.88. The zero-order valence-electron chi connectivity index (χ0n) is 11.4. The molecular formula is C13H19N5O. The first-order valence-electron chi connectivity index (χ1n) is 6.56. The molecule has 0 saturated carbocycles. The minimum absolute atomic E-state index is 0.431. The Balaban J connectivity index is 1.93. The largest absolute Gasteiger partial charge is 0.467 e. The van der Waals surface area contributed by atoms with E-state index in [0.29, 0.717) is 6.01 Å². The smallest absolute Gasteiger partial charge is 0.316 e. The number of fused-ring (bicyclic) bond motifs is 1. The normalized spacial score (nSPS) is 16.9. The average Bonchev–Trinajstić information content (AvgIpc) is 2.76. The van der Waals surface area contributed by atoms with Crippen molar-refractivity contribution in [2.75, 3.05) is 33.3 Å². The van der Waals surface area contributed by atoms with E-state index >= 15 is 0 Å². The number of aromatic nitrogens is 3. The van der Waals surface area contributed by atoms with Gasteiger partial charge in [0.15, 0.2) is 0 Å². The van der Waals surface area contributed by atoms with Crippen molar-refractivity contribution in [3.63, 3.8) is 0 Å². The average molecular weight is 261 g/mol. The Bertz CT molecular complexity index is 574. The van der Waals surface area contributed by atoms with Crippen LogP contribution in [0.4, 0.5) is 0 Å². The molecule has 3 heterocycles. The predicted molar refractivity (Wildman–Crippen MR) is 73.2 cm³/mol. The maximum Gasteiger partial charge on any atom is 0.316 e. The minimum atomic E-state index is 0.431. The molecule has 1 N–H and O–H groups in total. The molecule has 0 aromatic carbocycles. The highest BCUT2D eigenvalue weighted by atomic mass is 16.5. The van der Waals surface area contributed by atoms with E-state index in [1.54, 1.807) is 7.11 Å². The number of nitrogens with zero attached hydrogens (tertiary/aromatic N) is 4. The molecule has 0 bridgehead atoms. The van der Waals surface area contributed by atoms with E-state index in [9.17, 15) is 0 Å². The molecule has 2 aromatic heterocycles. The fourth-order valence-corrected chi connectivity index (χ4v) is 2.54. The van der Waals surface area contributed by atoms with Crippen molar-refractivity contribution in [2.45, 2.75) is 6.54 Å². The summed E-state index contributed by atoms with van der Waals surface area (Å²) in [6.45, 7) is 5.21. The lowest BCUT2D eigenvalue weighted by Gasteiger charge is -2.26. The van der Waals surface area contributed by atoms with E-state index in [0.717, 1.165) is 43.8 Å². The molecule has 0 unspecified atom stereocenters. The van der Waals surface area contributed by atoms with Crippen LogP contribution >= 0.6 is 0 Å². The van der Waals surface area contributed by atoms with Gasteiger partial charge in [-0.3, -0.25) is 4.90 Å². The fraction of sp³-hybridized carbons (Fsp3) is 0.538. The number of ether oxygens (including phenoxy) is 1. The predicted octanol–water partition coefficient (Wildman–Crippen LogP) is 0.382. The van der Waals surface area contributed by atoms with E-state index in [4.69, 9.17) is 4.74 Å². The first-order valence-corrected chi connectivity index (χ1v) is 6.56. The summed E-state index contributed by atoms with van der Waals surface area (Å²) in [6.07, 6.45) is 3.96. The Morgan fingerprint density at radius 1 is 1.37 bits per heavy atom. The zero-order valence-corrected chi connectivity index (χ0v) is 11.4. The third kappa shape index (κ3) is 2.41. The van der Waals surface area contributed by atoms with Crippen LogP contribution in [-0.4, -0.2) is 52.7 Å². The molecule has 0 radical (unpaired) electrons. The van der Waals surface area contributed by atoms with Crippen molar-refractivity contribution in [1.29, 1.82) is 0 Å². The SMILES string of the molecule is COc1ncc2c(n1)c(CN1CCNCC1)cn2C. The van der Waals surface area contributed by atoms with Crippen LogP contribution in [0.5, 0.6) is 6.01 Å². The number of piperazine rings is 1. The van der Waals surface area contributed by atoms with Gasteiger partial charge in [-0.25, -0.2) is 4.98 Å². The number of hydrogen-bond acceptors (Lipinski definition) is 5. The summed E-state index contributed by atoms with van der Waals surface area (Å²) in [5.74, 6) is 0. The van der Waals surface area contributed by atoms with E-state index in [1.165, 1.54) is 5.56 Å². The van der Waals surface area contributed by atoms with E-state index in [2.05, 4.69) is 30.9 Å². The van der Waals surface area contributed by atoms with Crippen molar-refractivity contribution in [1.82, 2.24) is 24.8 Å². The monoisotopic (exact) mass is 261 g/mol. The lowest BCUT2D eigenvalue weighted by molar-refractivity contribution is 0.233. The van der Waals surface area contributed by atoms with Gasteiger partial charge in [0, 0.05) is 51.5 Å². The van der Waals surface area contributed by atoms with Gasteiger partial charge in [0.05, 0.1) is 24.3 Å². The molecular weight excluding hydrogens is 242 g/mol. The molecule has 1 fully saturated rings. The summed E-state index contributed by atoms with van der Waals surface area (Å²) in [7, 11) is 3.62. The first kappa shape index (κ1) is 12.4. The van der Waals surface area contributed by atoms with Gasteiger partial charge in [0.1, 0.15) is 0 Å². The second-order valence-electron chi connectivity index (χ2n) is 4.88. The van der Waals surface area contributed by atoms with Gasteiger partial charge >= 0.3 is 6.01 Å². The van der Waals surface area contributed by atoms with Gasteiger partial charge in [-0.2, -0.15) is 4.98 Å². The van der Waals surface area contributed by atoms with Gasteiger partial charge in [-0.05, 0) is 0 Å². The molecule has 1 saturated heterocycles. The number of rotatable bonds is 3. The van der Waals surface area contributed by atoms with Crippen LogP contribution in [0.2, 0.25) is 0 Å². The standard InChI is InChI=1S/C13H19N5O/c1-17-8-10(9-18-5-3-14-4-6-18)12-11(17)7-15-13(16-12)19-2/h7-8,14H,3-6,9H2,1-2H3. The van der Waals surface area contributed by atoms with Crippen molar-refractivity contribution in [3.8, 4) is 6.01 Å². The van der Waals surface area contributed by atoms with Gasteiger partial charge in [0.2, 0.25) is 0 Å². The lowest BCUT2D eigenvalue weighted by Crippen LogP contribution is -2.42. The Hall–Kier alpha value is -1.66. The molecule has 102 valence electrons. The molecule has 0 amide bonds. The summed E-state index contributed by atoms with van der Waals surface area (Å²) in [5.41, 5.74) is 3.28. The van der Waals surface area contributed by atoms with Crippen LogP contribution in [0.25, 0.3) is 11.0 Å². The van der Waals surface area contributed by atoms with Gasteiger partial charge in [-0.1, -0.05) is 0 Å². The van der Waals surface area contributed by atoms with Gasteiger partial charge in [-0.15, -0.1) is 0 Å². The maximum atomic E-state index is 5.12. The molecule has 3 rings (SSSR count). The van der Waals surface area contributed by atoms with Crippen LogP contribution in [0.15, 0.2) is 12.4 Å². The quantitative estimate of drug-likeness (QED) is 0.866. The van der Waals surface area contributed by atoms with E-state index in [-0.39, 0.29) is 0 Å². The molecule has 6 nitrogen and oxygen atoms in total. The summed E-state index contributed by atoms with van der Waals surface area (Å²) < 4.78 is 7.20. The van der Waals surface area contributed by atoms with Crippen LogP contribution < -0.4 is 10.1 Å². The Kier molecular flexibility index (Phi) is 3.35. The Morgan fingerprint density at radius 2 is 2.16 bits per heavy atom. The van der Waals surface area contributed by atoms with Crippen LogP contribution in [0.1, 0.15) is 5.56 Å². The minimum Gasteiger partial charge on any atom is -0.467 e. The Morgan fingerprint density at radius 3 is 2.89 bits per heavy atom. The molecule has 0 atom stereocenters. The van der Waals surface area contributed by atoms with Gasteiger partial charge < -0.3 is 14.6 Å². The van der Waals surface area contributed by atoms with E-state index in [1.807, 2.05) is 13.2 Å². The highest BCUT2D eigenvalue weighted by Crippen LogP contribution is 2.21. The Labute approximate surface area is 112 Å². The summed E-state index contributed by atoms with van der Waals surface area (Å²) in [5, 5.41) is 3.37.